The van der Waals surface area contributed by atoms with E-state index in [0.717, 1.165) is 0 Å². The SMILES string of the molecule is COC1CC=COC1=O. The topological polar surface area (TPSA) is 35.5 Å². The largest absolute Gasteiger partial charge is 0.433 e. The summed E-state index contributed by atoms with van der Waals surface area (Å²) in [6.07, 6.45) is 3.37. The van der Waals surface area contributed by atoms with Crippen LogP contribution in [0.15, 0.2) is 12.3 Å². The van der Waals surface area contributed by atoms with Crippen LogP contribution in [0, 0.1) is 0 Å². The van der Waals surface area contributed by atoms with Crippen LogP contribution in [-0.2, 0) is 14.3 Å². The van der Waals surface area contributed by atoms with Crippen molar-refractivity contribution >= 4 is 5.97 Å². The molecule has 0 N–H and O–H groups in total. The quantitative estimate of drug-likeness (QED) is 0.481. The average molecular weight is 128 g/mol. The van der Waals surface area contributed by atoms with Crippen LogP contribution in [0.5, 0.6) is 0 Å². The highest BCUT2D eigenvalue weighted by atomic mass is 16.6. The van der Waals surface area contributed by atoms with Gasteiger partial charge in [-0.1, -0.05) is 0 Å². The third kappa shape index (κ3) is 1.29. The first kappa shape index (κ1) is 6.29. The molecule has 0 spiro atoms. The Hall–Kier alpha value is -0.830. The van der Waals surface area contributed by atoms with Gasteiger partial charge in [-0.3, -0.25) is 0 Å². The number of hydrogen-bond acceptors (Lipinski definition) is 3. The van der Waals surface area contributed by atoms with Crippen LogP contribution in [0.1, 0.15) is 6.42 Å². The lowest BCUT2D eigenvalue weighted by molar-refractivity contribution is -0.150. The van der Waals surface area contributed by atoms with Gasteiger partial charge in [-0.05, 0) is 6.08 Å². The van der Waals surface area contributed by atoms with Crippen LogP contribution in [0.4, 0.5) is 0 Å². The second-order valence-corrected chi connectivity index (χ2v) is 1.77. The zero-order chi connectivity index (χ0) is 6.69. The molecule has 0 aromatic heterocycles. The summed E-state index contributed by atoms with van der Waals surface area (Å²) in [7, 11) is 1.49. The summed E-state index contributed by atoms with van der Waals surface area (Å²) < 4.78 is 9.31. The number of ether oxygens (including phenoxy) is 2. The molecule has 3 heteroatoms. The van der Waals surface area contributed by atoms with Gasteiger partial charge in [-0.2, -0.15) is 0 Å². The third-order valence-corrected chi connectivity index (χ3v) is 1.18. The van der Waals surface area contributed by atoms with Crippen molar-refractivity contribution in [3.63, 3.8) is 0 Å². The molecule has 1 atom stereocenters. The van der Waals surface area contributed by atoms with Crippen molar-refractivity contribution in [3.8, 4) is 0 Å². The van der Waals surface area contributed by atoms with Crippen LogP contribution < -0.4 is 0 Å². The molecule has 0 amide bonds. The second kappa shape index (κ2) is 2.64. The molecular formula is C6H8O3. The van der Waals surface area contributed by atoms with Gasteiger partial charge in [0.05, 0.1) is 6.26 Å². The molecule has 1 aliphatic rings. The Kier molecular flexibility index (Phi) is 1.85. The molecule has 9 heavy (non-hydrogen) atoms. The summed E-state index contributed by atoms with van der Waals surface area (Å²) in [4.78, 5) is 10.6. The van der Waals surface area contributed by atoms with Gasteiger partial charge in [0.2, 0.25) is 0 Å². The van der Waals surface area contributed by atoms with E-state index in [9.17, 15) is 4.79 Å². The van der Waals surface area contributed by atoms with Crippen molar-refractivity contribution in [1.29, 1.82) is 0 Å². The Morgan fingerprint density at radius 3 is 3.11 bits per heavy atom. The van der Waals surface area contributed by atoms with Crippen molar-refractivity contribution in [2.45, 2.75) is 12.5 Å². The van der Waals surface area contributed by atoms with Crippen LogP contribution in [0.3, 0.4) is 0 Å². The molecule has 0 radical (unpaired) electrons. The summed E-state index contributed by atoms with van der Waals surface area (Å²) in [5.74, 6) is -0.306. The number of methoxy groups -OCH3 is 1. The van der Waals surface area contributed by atoms with E-state index in [4.69, 9.17) is 4.74 Å². The fraction of sp³-hybridized carbons (Fsp3) is 0.500. The fourth-order valence-corrected chi connectivity index (χ4v) is 0.659. The molecule has 0 bridgehead atoms. The molecule has 50 valence electrons. The average Bonchev–Trinajstić information content (AvgIpc) is 1.89. The van der Waals surface area contributed by atoms with Gasteiger partial charge < -0.3 is 9.47 Å². The van der Waals surface area contributed by atoms with Crippen molar-refractivity contribution < 1.29 is 14.3 Å². The minimum atomic E-state index is -0.394. The molecule has 0 fully saturated rings. The van der Waals surface area contributed by atoms with Crippen LogP contribution in [-0.4, -0.2) is 19.2 Å². The summed E-state index contributed by atoms with van der Waals surface area (Å²) in [6, 6.07) is 0. The van der Waals surface area contributed by atoms with E-state index in [0.29, 0.717) is 6.42 Å². The smallest absolute Gasteiger partial charge is 0.340 e. The van der Waals surface area contributed by atoms with Crippen molar-refractivity contribution in [2.24, 2.45) is 0 Å². The third-order valence-electron chi connectivity index (χ3n) is 1.18. The van der Waals surface area contributed by atoms with Crippen molar-refractivity contribution in [3.05, 3.63) is 12.3 Å². The minimum absolute atomic E-state index is 0.306. The van der Waals surface area contributed by atoms with E-state index in [1.807, 2.05) is 0 Å². The zero-order valence-corrected chi connectivity index (χ0v) is 5.16. The first-order valence-electron chi connectivity index (χ1n) is 2.73. The van der Waals surface area contributed by atoms with Gasteiger partial charge in [0.1, 0.15) is 0 Å². The van der Waals surface area contributed by atoms with Crippen LogP contribution in [0.25, 0.3) is 0 Å². The molecule has 1 rings (SSSR count). The van der Waals surface area contributed by atoms with E-state index in [1.54, 1.807) is 6.08 Å². The summed E-state index contributed by atoms with van der Waals surface area (Å²) in [5, 5.41) is 0. The van der Waals surface area contributed by atoms with Crippen LogP contribution in [0.2, 0.25) is 0 Å². The summed E-state index contributed by atoms with van der Waals surface area (Å²) in [6.45, 7) is 0. The molecule has 1 unspecified atom stereocenters. The number of carbonyl (C=O) groups excluding carboxylic acids is 1. The number of cyclic esters (lactones) is 1. The summed E-state index contributed by atoms with van der Waals surface area (Å²) in [5.41, 5.74) is 0. The van der Waals surface area contributed by atoms with E-state index in [-0.39, 0.29) is 5.97 Å². The van der Waals surface area contributed by atoms with Crippen molar-refractivity contribution in [1.82, 2.24) is 0 Å². The molecule has 0 saturated heterocycles. The number of carbonyl (C=O) groups is 1. The van der Waals surface area contributed by atoms with Gasteiger partial charge in [-0.15, -0.1) is 0 Å². The molecule has 0 aliphatic carbocycles. The molecule has 3 nitrogen and oxygen atoms in total. The monoisotopic (exact) mass is 128 g/mol. The Balaban J connectivity index is 2.53. The van der Waals surface area contributed by atoms with Gasteiger partial charge in [0, 0.05) is 13.5 Å². The highest BCUT2D eigenvalue weighted by Gasteiger charge is 2.19. The Morgan fingerprint density at radius 2 is 2.67 bits per heavy atom. The Morgan fingerprint density at radius 1 is 1.89 bits per heavy atom. The molecule has 1 heterocycles. The fourth-order valence-electron chi connectivity index (χ4n) is 0.659. The molecular weight excluding hydrogens is 120 g/mol. The van der Waals surface area contributed by atoms with Crippen molar-refractivity contribution in [2.75, 3.05) is 7.11 Å². The van der Waals surface area contributed by atoms with E-state index in [2.05, 4.69) is 4.74 Å². The van der Waals surface area contributed by atoms with Gasteiger partial charge >= 0.3 is 5.97 Å². The normalized spacial score (nSPS) is 25.9. The predicted molar refractivity (Wildman–Crippen MR) is 30.6 cm³/mol. The van der Waals surface area contributed by atoms with Gasteiger partial charge in [0.25, 0.3) is 0 Å². The first-order chi connectivity index (χ1) is 4.34. The minimum Gasteiger partial charge on any atom is -0.433 e. The van der Waals surface area contributed by atoms with E-state index < -0.39 is 6.10 Å². The molecule has 0 aromatic rings. The lowest BCUT2D eigenvalue weighted by Gasteiger charge is -2.13. The van der Waals surface area contributed by atoms with E-state index in [1.165, 1.54) is 13.4 Å². The maximum Gasteiger partial charge on any atom is 0.340 e. The standard InChI is InChI=1S/C6H8O3/c1-8-5-3-2-4-9-6(5)7/h2,4-5H,3H2,1H3. The number of hydrogen-bond donors (Lipinski definition) is 0. The number of rotatable bonds is 1. The molecule has 0 saturated carbocycles. The predicted octanol–water partition coefficient (Wildman–Crippen LogP) is 0.462. The molecule has 1 aliphatic heterocycles. The zero-order valence-electron chi connectivity index (χ0n) is 5.16. The highest BCUT2D eigenvalue weighted by Crippen LogP contribution is 2.06. The lowest BCUT2D eigenvalue weighted by Crippen LogP contribution is -2.25. The Labute approximate surface area is 53.3 Å². The van der Waals surface area contributed by atoms with E-state index >= 15 is 0 Å². The van der Waals surface area contributed by atoms with Gasteiger partial charge in [-0.25, -0.2) is 4.79 Å². The van der Waals surface area contributed by atoms with Crippen LogP contribution >= 0.6 is 0 Å². The summed E-state index contributed by atoms with van der Waals surface area (Å²) >= 11 is 0. The maximum absolute atomic E-state index is 10.6. The Bertz CT molecular complexity index is 139. The van der Waals surface area contributed by atoms with Gasteiger partial charge in [0.15, 0.2) is 6.10 Å². The first-order valence-corrected chi connectivity index (χ1v) is 2.73. The second-order valence-electron chi connectivity index (χ2n) is 1.77. The number of esters is 1. The highest BCUT2D eigenvalue weighted by molar-refractivity contribution is 5.76. The lowest BCUT2D eigenvalue weighted by atomic mass is 10.2. The maximum atomic E-state index is 10.6. The molecule has 0 aromatic carbocycles.